The van der Waals surface area contributed by atoms with Crippen molar-refractivity contribution in [3.8, 4) is 11.1 Å². The summed E-state index contributed by atoms with van der Waals surface area (Å²) in [7, 11) is 2.13. The molecule has 0 N–H and O–H groups in total. The molecule has 228 valence electrons. The van der Waals surface area contributed by atoms with Crippen LogP contribution in [0.2, 0.25) is 0 Å². The van der Waals surface area contributed by atoms with E-state index in [2.05, 4.69) is 47.0 Å². The van der Waals surface area contributed by atoms with Crippen LogP contribution < -0.4 is 4.90 Å². The summed E-state index contributed by atoms with van der Waals surface area (Å²) in [5.74, 6) is 1.40. The van der Waals surface area contributed by atoms with Crippen molar-refractivity contribution in [3.63, 3.8) is 0 Å². The maximum absolute atomic E-state index is 15.1. The number of aryl methyl sites for hydroxylation is 2. The molecule has 8 heteroatoms. The molecule has 0 saturated heterocycles. The monoisotopic (exact) mass is 609 g/mol. The SMILES string of the molecule is Cc1nc2ccc(-c3ccnc(N(CC45CCC(c6cc(C7CC7)nn6C)(CC4)CC5)C(=O)[C@@H]4CC5(F)CC4C5)c3)cc2s1. The molecule has 7 aliphatic rings. The predicted octanol–water partition coefficient (Wildman–Crippen LogP) is 8.04. The fourth-order valence-electron chi connectivity index (χ4n) is 9.40. The molecule has 1 atom stereocenters. The van der Waals surface area contributed by atoms with E-state index in [-0.39, 0.29) is 28.6 Å². The van der Waals surface area contributed by atoms with Gasteiger partial charge in [-0.2, -0.15) is 5.10 Å². The van der Waals surface area contributed by atoms with E-state index >= 15 is 4.39 Å². The molecule has 11 rings (SSSR count). The molecule has 7 aliphatic carbocycles. The molecule has 0 spiro atoms. The minimum Gasteiger partial charge on any atom is -0.296 e. The largest absolute Gasteiger partial charge is 0.296 e. The maximum Gasteiger partial charge on any atom is 0.231 e. The smallest absolute Gasteiger partial charge is 0.231 e. The molecule has 7 fully saturated rings. The molecule has 0 aliphatic heterocycles. The maximum atomic E-state index is 15.1. The zero-order valence-electron chi connectivity index (χ0n) is 25.7. The molecule has 3 aromatic heterocycles. The third-order valence-corrected chi connectivity index (χ3v) is 13.1. The Morgan fingerprint density at radius 3 is 2.48 bits per heavy atom. The van der Waals surface area contributed by atoms with Crippen LogP contribution in [0.15, 0.2) is 42.6 Å². The van der Waals surface area contributed by atoms with Gasteiger partial charge in [-0.3, -0.25) is 14.4 Å². The van der Waals surface area contributed by atoms with E-state index in [1.807, 2.05) is 24.1 Å². The van der Waals surface area contributed by atoms with Crippen molar-refractivity contribution in [1.29, 1.82) is 0 Å². The molecule has 0 radical (unpaired) electrons. The number of alkyl halides is 1. The first-order valence-electron chi connectivity index (χ1n) is 16.6. The molecule has 1 amide bonds. The Balaban J connectivity index is 1.02. The summed E-state index contributed by atoms with van der Waals surface area (Å²) in [5, 5.41) is 5.98. The van der Waals surface area contributed by atoms with Gasteiger partial charge in [0.25, 0.3) is 0 Å². The molecule has 6 nitrogen and oxygen atoms in total. The second-order valence-electron chi connectivity index (χ2n) is 15.0. The zero-order chi connectivity index (χ0) is 29.8. The minimum absolute atomic E-state index is 0.0705. The number of thiazole rings is 1. The number of anilines is 1. The van der Waals surface area contributed by atoms with Crippen LogP contribution in [0.25, 0.3) is 21.3 Å². The third-order valence-electron chi connectivity index (χ3n) is 12.2. The fraction of sp³-hybridized carbons (Fsp3) is 0.556. The van der Waals surface area contributed by atoms with E-state index in [1.165, 1.54) is 24.2 Å². The summed E-state index contributed by atoms with van der Waals surface area (Å²) in [4.78, 5) is 25.8. The molecular formula is C36H40FN5OS. The Morgan fingerprint density at radius 1 is 1.02 bits per heavy atom. The lowest BCUT2D eigenvalue weighted by atomic mass is 9.52. The van der Waals surface area contributed by atoms with E-state index in [9.17, 15) is 4.79 Å². The number of halogens is 1. The summed E-state index contributed by atoms with van der Waals surface area (Å²) < 4.78 is 18.4. The van der Waals surface area contributed by atoms with Gasteiger partial charge in [0.15, 0.2) is 0 Å². The Labute approximate surface area is 262 Å². The Bertz CT molecular complexity index is 1770. The van der Waals surface area contributed by atoms with Crippen LogP contribution in [-0.2, 0) is 17.3 Å². The van der Waals surface area contributed by atoms with Gasteiger partial charge in [-0.15, -0.1) is 11.3 Å². The molecule has 3 heterocycles. The summed E-state index contributed by atoms with van der Waals surface area (Å²) in [6.45, 7) is 2.71. The van der Waals surface area contributed by atoms with Crippen molar-refractivity contribution in [2.45, 2.75) is 94.6 Å². The molecular weight excluding hydrogens is 569 g/mol. The lowest BCUT2D eigenvalue weighted by Gasteiger charge is -2.54. The highest BCUT2D eigenvalue weighted by Gasteiger charge is 2.60. The van der Waals surface area contributed by atoms with Gasteiger partial charge in [-0.05, 0) is 130 Å². The van der Waals surface area contributed by atoms with Gasteiger partial charge in [0, 0.05) is 42.7 Å². The van der Waals surface area contributed by atoms with Gasteiger partial charge >= 0.3 is 0 Å². The average Bonchev–Trinajstić information content (AvgIpc) is 3.38. The highest BCUT2D eigenvalue weighted by Crippen LogP contribution is 2.60. The Hall–Kier alpha value is -3.13. The lowest BCUT2D eigenvalue weighted by molar-refractivity contribution is -0.123. The van der Waals surface area contributed by atoms with Crippen LogP contribution in [0.1, 0.15) is 92.9 Å². The van der Waals surface area contributed by atoms with Gasteiger partial charge in [0.05, 0.1) is 20.9 Å². The van der Waals surface area contributed by atoms with Crippen LogP contribution in [0, 0.1) is 24.2 Å². The van der Waals surface area contributed by atoms with Gasteiger partial charge in [0.2, 0.25) is 5.91 Å². The van der Waals surface area contributed by atoms with Gasteiger partial charge in [-0.25, -0.2) is 14.4 Å². The fourth-order valence-corrected chi connectivity index (χ4v) is 10.3. The lowest BCUT2D eigenvalue weighted by Crippen LogP contribution is -2.52. The number of hydrogen-bond donors (Lipinski definition) is 0. The Morgan fingerprint density at radius 2 is 1.77 bits per heavy atom. The number of aromatic nitrogens is 4. The second kappa shape index (κ2) is 9.44. The second-order valence-corrected chi connectivity index (χ2v) is 16.2. The van der Waals surface area contributed by atoms with Crippen molar-refractivity contribution >= 4 is 33.3 Å². The number of fused-ring (bicyclic) bond motifs is 5. The van der Waals surface area contributed by atoms with Crippen molar-refractivity contribution in [2.75, 3.05) is 11.4 Å². The van der Waals surface area contributed by atoms with Crippen LogP contribution in [0.4, 0.5) is 10.2 Å². The van der Waals surface area contributed by atoms with Crippen molar-refractivity contribution < 1.29 is 9.18 Å². The summed E-state index contributed by atoms with van der Waals surface area (Å²) in [6, 6.07) is 12.9. The summed E-state index contributed by atoms with van der Waals surface area (Å²) >= 11 is 1.70. The molecule has 4 aromatic rings. The third kappa shape index (κ3) is 4.30. The first kappa shape index (κ1) is 27.2. The van der Waals surface area contributed by atoms with Crippen molar-refractivity contribution in [3.05, 3.63) is 59.0 Å². The highest BCUT2D eigenvalue weighted by atomic mass is 32.1. The van der Waals surface area contributed by atoms with E-state index < -0.39 is 5.67 Å². The van der Waals surface area contributed by atoms with Crippen molar-refractivity contribution in [1.82, 2.24) is 19.7 Å². The highest BCUT2D eigenvalue weighted by molar-refractivity contribution is 7.18. The van der Waals surface area contributed by atoms with Crippen LogP contribution in [0.3, 0.4) is 0 Å². The number of hydrogen-bond acceptors (Lipinski definition) is 5. The van der Waals surface area contributed by atoms with E-state index in [0.29, 0.717) is 37.5 Å². The van der Waals surface area contributed by atoms with Crippen LogP contribution >= 0.6 is 11.3 Å². The summed E-state index contributed by atoms with van der Waals surface area (Å²) in [5.41, 5.74) is 5.00. The molecule has 0 unspecified atom stereocenters. The van der Waals surface area contributed by atoms with E-state index in [0.717, 1.165) is 64.9 Å². The van der Waals surface area contributed by atoms with E-state index in [4.69, 9.17) is 10.1 Å². The standard InChI is InChI=1S/C36H40FN5OS/c1-22-39-28-6-5-24(15-30(28)44-22)25-7-14-38-32(16-25)42(33(43)27-20-36(37)18-26(27)19-36)21-34-8-11-35(12-9-34,13-10-34)31-17-29(23-3-4-23)40-41(31)2/h5-7,14-17,23,26-27H,3-4,8-13,18-21H2,1-2H3/t26?,27-,34?,35?,36?/m1/s1. The number of rotatable bonds is 7. The molecule has 1 aromatic carbocycles. The average molecular weight is 610 g/mol. The van der Waals surface area contributed by atoms with Gasteiger partial charge in [-0.1, -0.05) is 6.07 Å². The van der Waals surface area contributed by atoms with Gasteiger partial charge in [0.1, 0.15) is 11.5 Å². The zero-order valence-corrected chi connectivity index (χ0v) is 26.5. The minimum atomic E-state index is -1.13. The number of nitrogens with zero attached hydrogens (tertiary/aromatic N) is 5. The topological polar surface area (TPSA) is 63.9 Å². The number of carbonyl (C=O) groups excluding carboxylic acids is 1. The normalized spacial score (nSPS) is 32.2. The van der Waals surface area contributed by atoms with Gasteiger partial charge < -0.3 is 0 Å². The number of pyridine rings is 1. The number of carbonyl (C=O) groups is 1. The quantitative estimate of drug-likeness (QED) is 0.213. The van der Waals surface area contributed by atoms with E-state index in [1.54, 1.807) is 11.3 Å². The van der Waals surface area contributed by atoms with Crippen LogP contribution in [-0.4, -0.2) is 37.9 Å². The first-order chi connectivity index (χ1) is 21.2. The predicted molar refractivity (Wildman–Crippen MR) is 172 cm³/mol. The summed E-state index contributed by atoms with van der Waals surface area (Å²) in [6.07, 6.45) is 12.6. The Kier molecular flexibility index (Phi) is 5.84. The molecule has 44 heavy (non-hydrogen) atoms. The number of benzene rings is 1. The first-order valence-corrected chi connectivity index (χ1v) is 17.4. The van der Waals surface area contributed by atoms with Crippen LogP contribution in [0.5, 0.6) is 0 Å². The van der Waals surface area contributed by atoms with Crippen molar-refractivity contribution in [2.24, 2.45) is 24.3 Å². The molecule has 4 bridgehead atoms. The molecule has 7 saturated carbocycles. The number of amides is 1.